The van der Waals surface area contributed by atoms with Crippen LogP contribution in [0.3, 0.4) is 0 Å². The average Bonchev–Trinajstić information content (AvgIpc) is 3.57. The number of benzene rings is 2. The summed E-state index contributed by atoms with van der Waals surface area (Å²) in [4.78, 5) is 17.2. The number of halogens is 1. The first-order valence-electron chi connectivity index (χ1n) is 11.4. The van der Waals surface area contributed by atoms with E-state index < -0.39 is 0 Å². The molecule has 0 spiro atoms. The lowest BCUT2D eigenvalue weighted by atomic mass is 9.80. The van der Waals surface area contributed by atoms with Crippen LogP contribution in [0.5, 0.6) is 0 Å². The predicted octanol–water partition coefficient (Wildman–Crippen LogP) is 5.35. The van der Waals surface area contributed by atoms with Crippen LogP contribution in [0.15, 0.2) is 36.4 Å². The second-order valence-corrected chi connectivity index (χ2v) is 9.82. The maximum Gasteiger partial charge on any atom is 0.256 e. The summed E-state index contributed by atoms with van der Waals surface area (Å²) in [6, 6.07) is 14.8. The molecule has 4 nitrogen and oxygen atoms in total. The van der Waals surface area contributed by atoms with Gasteiger partial charge in [0.25, 0.3) is 5.91 Å². The van der Waals surface area contributed by atoms with Gasteiger partial charge in [-0.2, -0.15) is 5.26 Å². The zero-order valence-corrected chi connectivity index (χ0v) is 18.7. The topological polar surface area (TPSA) is 47.3 Å². The van der Waals surface area contributed by atoms with Gasteiger partial charge in [0.1, 0.15) is 0 Å². The minimum absolute atomic E-state index is 0.123. The molecule has 5 heteroatoms. The third-order valence-corrected chi connectivity index (χ3v) is 7.65. The fourth-order valence-corrected chi connectivity index (χ4v) is 5.55. The largest absolute Gasteiger partial charge is 0.331 e. The molecule has 0 aromatic heterocycles. The summed E-state index contributed by atoms with van der Waals surface area (Å²) < 4.78 is 0. The maximum atomic E-state index is 12.7. The van der Waals surface area contributed by atoms with Gasteiger partial charge in [-0.25, -0.2) is 0 Å². The van der Waals surface area contributed by atoms with Gasteiger partial charge in [0, 0.05) is 19.1 Å². The summed E-state index contributed by atoms with van der Waals surface area (Å²) >= 11 is 6.60. The molecule has 31 heavy (non-hydrogen) atoms. The van der Waals surface area contributed by atoms with Crippen molar-refractivity contribution in [2.75, 3.05) is 13.1 Å². The van der Waals surface area contributed by atoms with Gasteiger partial charge in [0.2, 0.25) is 0 Å². The van der Waals surface area contributed by atoms with E-state index in [0.717, 1.165) is 50.1 Å². The number of rotatable bonds is 5. The van der Waals surface area contributed by atoms with Gasteiger partial charge in [-0.15, -0.1) is 0 Å². The van der Waals surface area contributed by atoms with Crippen LogP contribution in [0.1, 0.15) is 71.1 Å². The van der Waals surface area contributed by atoms with Gasteiger partial charge >= 0.3 is 0 Å². The van der Waals surface area contributed by atoms with Gasteiger partial charge in [-0.3, -0.25) is 9.69 Å². The molecule has 0 bridgehead atoms. The number of fused-ring (bicyclic) bond motifs is 1. The van der Waals surface area contributed by atoms with E-state index in [2.05, 4.69) is 36.1 Å². The lowest BCUT2D eigenvalue weighted by molar-refractivity contribution is 0.0767. The summed E-state index contributed by atoms with van der Waals surface area (Å²) in [5.41, 5.74) is 5.11. The molecule has 2 fully saturated rings. The third-order valence-electron chi connectivity index (χ3n) is 7.35. The highest BCUT2D eigenvalue weighted by Gasteiger charge is 2.39. The summed E-state index contributed by atoms with van der Waals surface area (Å²) in [5.74, 6) is 1.19. The number of hydrogen-bond acceptors (Lipinski definition) is 3. The number of amides is 1. The Morgan fingerprint density at radius 1 is 1.13 bits per heavy atom. The number of nitriles is 1. The van der Waals surface area contributed by atoms with Crippen molar-refractivity contribution in [2.24, 2.45) is 5.92 Å². The van der Waals surface area contributed by atoms with Crippen molar-refractivity contribution < 1.29 is 4.79 Å². The molecule has 1 saturated heterocycles. The molecule has 1 atom stereocenters. The SMILES string of the molecule is CC(c1cc(Cl)c2c(c1)CN(C1CC1)C2=O)C1CCN(Cc2ccc(C#N)cc2)CC1. The highest BCUT2D eigenvalue weighted by Crippen LogP contribution is 2.40. The number of hydrogen-bond donors (Lipinski definition) is 0. The Hall–Kier alpha value is -2.35. The quantitative estimate of drug-likeness (QED) is 0.638. The van der Waals surface area contributed by atoms with E-state index >= 15 is 0 Å². The minimum atomic E-state index is 0.123. The molecule has 2 aliphatic heterocycles. The second-order valence-electron chi connectivity index (χ2n) is 9.41. The Balaban J connectivity index is 1.22. The van der Waals surface area contributed by atoms with Crippen molar-refractivity contribution in [1.29, 1.82) is 5.26 Å². The molecule has 2 aromatic rings. The summed E-state index contributed by atoms with van der Waals surface area (Å²) in [5, 5.41) is 9.59. The van der Waals surface area contributed by atoms with Gasteiger partial charge in [0.15, 0.2) is 0 Å². The maximum absolute atomic E-state index is 12.7. The molecular weight excluding hydrogens is 406 g/mol. The first-order chi connectivity index (χ1) is 15.0. The van der Waals surface area contributed by atoms with Crippen molar-refractivity contribution in [1.82, 2.24) is 9.80 Å². The van der Waals surface area contributed by atoms with Gasteiger partial charge in [0.05, 0.1) is 22.2 Å². The zero-order valence-electron chi connectivity index (χ0n) is 18.0. The Morgan fingerprint density at radius 2 is 1.84 bits per heavy atom. The summed E-state index contributed by atoms with van der Waals surface area (Å²) in [6.45, 7) is 6.15. The first kappa shape index (κ1) is 20.5. The molecule has 1 amide bonds. The van der Waals surface area contributed by atoms with E-state index in [1.54, 1.807) is 0 Å². The standard InChI is InChI=1S/C26H28ClN3O/c1-17(20-8-10-29(11-9-20)15-19-4-2-18(14-28)3-5-19)21-12-22-16-30(23-6-7-23)26(31)25(22)24(27)13-21/h2-5,12-13,17,20,23H,6-11,15-16H2,1H3. The van der Waals surface area contributed by atoms with E-state index in [4.69, 9.17) is 16.9 Å². The smallest absolute Gasteiger partial charge is 0.256 e. The monoisotopic (exact) mass is 433 g/mol. The van der Waals surface area contributed by atoms with E-state index in [9.17, 15) is 4.79 Å². The second kappa shape index (κ2) is 8.30. The average molecular weight is 434 g/mol. The molecule has 0 radical (unpaired) electrons. The van der Waals surface area contributed by atoms with Gasteiger partial charge in [-0.1, -0.05) is 36.7 Å². The molecule has 1 unspecified atom stereocenters. The number of likely N-dealkylation sites (tertiary alicyclic amines) is 1. The summed E-state index contributed by atoms with van der Waals surface area (Å²) in [6.07, 6.45) is 4.59. The Labute approximate surface area is 189 Å². The van der Waals surface area contributed by atoms with Crippen LogP contribution in [0.2, 0.25) is 5.02 Å². The molecule has 160 valence electrons. The number of carbonyl (C=O) groups excluding carboxylic acids is 1. The van der Waals surface area contributed by atoms with Crippen molar-refractivity contribution in [3.63, 3.8) is 0 Å². The Kier molecular flexibility index (Phi) is 5.50. The van der Waals surface area contributed by atoms with Crippen molar-refractivity contribution in [3.05, 3.63) is 69.2 Å². The molecule has 1 aliphatic carbocycles. The van der Waals surface area contributed by atoms with Crippen LogP contribution >= 0.6 is 11.6 Å². The van der Waals surface area contributed by atoms with Crippen LogP contribution < -0.4 is 0 Å². The predicted molar refractivity (Wildman–Crippen MR) is 122 cm³/mol. The van der Waals surface area contributed by atoms with E-state index in [-0.39, 0.29) is 5.91 Å². The highest BCUT2D eigenvalue weighted by molar-refractivity contribution is 6.34. The normalized spacial score (nSPS) is 20.5. The van der Waals surface area contributed by atoms with Gasteiger partial charge in [-0.05, 0) is 85.5 Å². The fourth-order valence-electron chi connectivity index (χ4n) is 5.22. The Morgan fingerprint density at radius 3 is 2.48 bits per heavy atom. The molecule has 0 N–H and O–H groups in total. The summed E-state index contributed by atoms with van der Waals surface area (Å²) in [7, 11) is 0. The molecule has 2 heterocycles. The molecule has 1 saturated carbocycles. The first-order valence-corrected chi connectivity index (χ1v) is 11.8. The number of nitrogens with zero attached hydrogens (tertiary/aromatic N) is 3. The minimum Gasteiger partial charge on any atom is -0.331 e. The number of piperidine rings is 1. The molecule has 2 aromatic carbocycles. The highest BCUT2D eigenvalue weighted by atomic mass is 35.5. The van der Waals surface area contributed by atoms with Crippen molar-refractivity contribution in [3.8, 4) is 6.07 Å². The molecule has 5 rings (SSSR count). The Bertz CT molecular complexity index is 1030. The number of carbonyl (C=O) groups is 1. The third kappa shape index (κ3) is 4.10. The van der Waals surface area contributed by atoms with Crippen LogP contribution in [0.4, 0.5) is 0 Å². The van der Waals surface area contributed by atoms with E-state index in [1.165, 1.54) is 24.0 Å². The lowest BCUT2D eigenvalue weighted by Gasteiger charge is -2.35. The fraction of sp³-hybridized carbons (Fsp3) is 0.462. The zero-order chi connectivity index (χ0) is 21.5. The van der Waals surface area contributed by atoms with E-state index in [1.807, 2.05) is 23.1 Å². The molecular formula is C26H28ClN3O. The van der Waals surface area contributed by atoms with Crippen LogP contribution in [-0.2, 0) is 13.1 Å². The molecule has 3 aliphatic rings. The van der Waals surface area contributed by atoms with Crippen LogP contribution in [0.25, 0.3) is 0 Å². The van der Waals surface area contributed by atoms with Crippen molar-refractivity contribution >= 4 is 17.5 Å². The van der Waals surface area contributed by atoms with Crippen molar-refractivity contribution in [2.45, 2.75) is 57.7 Å². The lowest BCUT2D eigenvalue weighted by Crippen LogP contribution is -2.34. The van der Waals surface area contributed by atoms with Crippen LogP contribution in [0, 0.1) is 17.2 Å². The van der Waals surface area contributed by atoms with Gasteiger partial charge < -0.3 is 4.90 Å². The van der Waals surface area contributed by atoms with E-state index in [0.29, 0.717) is 28.5 Å². The van der Waals surface area contributed by atoms with Crippen LogP contribution in [-0.4, -0.2) is 34.8 Å².